The number of alkyl halides is 9. The lowest BCUT2D eigenvalue weighted by atomic mass is 10.0. The number of phenolic OH excluding ortho intramolecular Hbond substituents is 3. The number of hydrogen-bond acceptors (Lipinski definition) is 31. The Labute approximate surface area is 847 Å². The number of carbonyl (C=O) groups is 6. The van der Waals surface area contributed by atoms with Gasteiger partial charge in [-0.3, -0.25) is 14.4 Å². The van der Waals surface area contributed by atoms with E-state index in [1.165, 1.54) is 82.4 Å². The van der Waals surface area contributed by atoms with Crippen molar-refractivity contribution in [1.29, 1.82) is 0 Å². The molecule has 0 saturated heterocycles. The number of nitrogens with one attached hydrogen (secondary N) is 3. The molecule has 14 aromatic rings. The maximum atomic E-state index is 13.8. The van der Waals surface area contributed by atoms with E-state index in [1.807, 2.05) is 0 Å². The van der Waals surface area contributed by atoms with E-state index in [-0.39, 0.29) is 124 Å². The van der Waals surface area contributed by atoms with Gasteiger partial charge in [-0.15, -0.1) is 28.0 Å². The third kappa shape index (κ3) is 34.9. The number of phenols is 3. The Morgan fingerprint density at radius 3 is 1.20 bits per heavy atom. The minimum Gasteiger partial charge on any atom is -0.508 e. The van der Waals surface area contributed by atoms with Crippen LogP contribution in [-0.4, -0.2) is 162 Å². The van der Waals surface area contributed by atoms with Gasteiger partial charge in [0.1, 0.15) is 102 Å². The summed E-state index contributed by atoms with van der Waals surface area (Å²) in [5, 5.41) is 81.7. The number of nitrogens with two attached hydrogens (primary N) is 3. The van der Waals surface area contributed by atoms with E-state index in [1.54, 1.807) is 105 Å². The Kier molecular flexibility index (Phi) is 41.4. The summed E-state index contributed by atoms with van der Waals surface area (Å²) in [4.78, 5) is 92.4. The van der Waals surface area contributed by atoms with Gasteiger partial charge in [0.25, 0.3) is 42.9 Å². The number of benzene rings is 9. The minimum atomic E-state index is -4.55. The second kappa shape index (κ2) is 52.9. The van der Waals surface area contributed by atoms with Crippen LogP contribution < -0.4 is 53.9 Å². The molecule has 0 saturated carbocycles. The van der Waals surface area contributed by atoms with Crippen LogP contribution in [0.25, 0.3) is 41.1 Å². The Bertz CT molecular complexity index is 7120. The summed E-state index contributed by atoms with van der Waals surface area (Å²) in [6, 6.07) is 38.5. The van der Waals surface area contributed by atoms with Gasteiger partial charge in [-0.25, -0.2) is 62.5 Å². The van der Waals surface area contributed by atoms with Crippen LogP contribution in [0.2, 0.25) is 0 Å². The molecule has 8 atom stereocenters. The third-order valence-corrected chi connectivity index (χ3v) is 25.2. The van der Waals surface area contributed by atoms with Gasteiger partial charge in [-0.2, -0.15) is 47.9 Å². The van der Waals surface area contributed by atoms with Crippen LogP contribution in [0.4, 0.5) is 39.5 Å². The fourth-order valence-electron chi connectivity index (χ4n) is 13.3. The predicted octanol–water partition coefficient (Wildman–Crippen LogP) is 14.0. The highest BCUT2D eigenvalue weighted by atomic mass is 32.2. The normalized spacial score (nSPS) is 12.9. The molecule has 0 bridgehead atoms. The second-order valence-corrected chi connectivity index (χ2v) is 36.7. The molecule has 9 aromatic carbocycles. The van der Waals surface area contributed by atoms with Gasteiger partial charge in [0.2, 0.25) is 22.1 Å². The number of ether oxygens (including phenoxy) is 5. The van der Waals surface area contributed by atoms with Crippen molar-refractivity contribution >= 4 is 133 Å². The van der Waals surface area contributed by atoms with Gasteiger partial charge in [0.15, 0.2) is 0 Å². The molecular weight excluding hydrogens is 2070 g/mol. The van der Waals surface area contributed by atoms with E-state index in [9.17, 15) is 106 Å². The summed E-state index contributed by atoms with van der Waals surface area (Å²) in [6.45, 7) is 3.26. The number of azide groups is 1. The number of terminal acetylenes is 1. The molecular formula is C93H91F9N18O21S6. The molecule has 5 heterocycles. The highest BCUT2D eigenvalue weighted by Crippen LogP contribution is 2.37. The van der Waals surface area contributed by atoms with Gasteiger partial charge in [-0.05, 0) is 174 Å². The average Bonchev–Trinajstić information content (AvgIpc) is 1.57. The number of carboxylic acid groups (broad SMARTS) is 1. The number of thiazole rings is 3. The standard InChI is InChI=1S/C31H29F3N6O7S2.C29H25F3N6O7S2.C21H21F3N4O4.C10H8N2O3S2.2CH4/c1-2-45-29(43)25(13-18-3-7-20(8-4-18)31(32,33)34)36-28(42)26(14-19-5-9-22(41)10-6-19)40-16-21(38-39-40)17-46-23-11-12-27-24(15-23)37-30(48-27)47-49(35)44;30-29(31,32)18-5-1-16(2-6-18)11-23(27(41)42)34-26(40)24(12-17-3-7-20(39)8-4-17)38-14-19(36-37-38)15-44-21-9-10-25-22(13-21)35-28(46-25)45-47(33)43;1-2-32-20(31)18(12-13-3-7-15(8-4-13)21(22,23)24)26-19(30)17(27-28-25)11-14-5-9-16(29)10-6-14;1-2-5-15-7-3-4-8-9(6-7)16-10(12-8)17(11,13)14;;/h3-12,15-16,25-26,41H,2,13-14,17,35H2,1H3,(H,36,42);1-10,13-14,23-24,39H,11-12,15,33H2,(H,34,40)(H,41,42);3-10,17-18,29H,2,11-12H2,1H3,(H,26,30);1,3-4,6H,5H2,(H2,11,13,14);2*1H4/t;;17-,18-;;;/m..0.../s1. The Morgan fingerprint density at radius 2 is 0.844 bits per heavy atom. The number of sulfonamides is 1. The van der Waals surface area contributed by atoms with Crippen molar-refractivity contribution in [2.45, 2.75) is 140 Å². The lowest BCUT2D eigenvalue weighted by molar-refractivity contribution is -0.148. The fraction of sp³-hybridized carbons (Fsp3) is 0.258. The van der Waals surface area contributed by atoms with Crippen LogP contribution in [0.5, 0.6) is 44.9 Å². The van der Waals surface area contributed by atoms with Crippen LogP contribution in [0, 0.1) is 12.3 Å². The Balaban J connectivity index is 0.000000229. The first-order valence-corrected chi connectivity index (χ1v) is 48.5. The number of carboxylic acids is 1. The molecule has 13 N–H and O–H groups in total. The van der Waals surface area contributed by atoms with Crippen molar-refractivity contribution in [3.63, 3.8) is 0 Å². The first-order chi connectivity index (χ1) is 68.8. The Morgan fingerprint density at radius 1 is 0.490 bits per heavy atom. The van der Waals surface area contributed by atoms with Gasteiger partial charge in [-0.1, -0.05) is 132 Å². The maximum absolute atomic E-state index is 13.8. The lowest BCUT2D eigenvalue weighted by Gasteiger charge is -2.22. The number of nitrogens with zero attached hydrogens (tertiary/aromatic N) is 12. The number of rotatable bonds is 39. The fourth-order valence-corrected chi connectivity index (χ4v) is 17.3. The first-order valence-electron chi connectivity index (χ1n) is 42.3. The molecule has 0 radical (unpaired) electrons. The molecule has 5 aromatic heterocycles. The number of amides is 3. The van der Waals surface area contributed by atoms with Crippen molar-refractivity contribution in [2.75, 3.05) is 19.8 Å². The summed E-state index contributed by atoms with van der Waals surface area (Å²) in [7, 11) is -3.76. The minimum absolute atomic E-state index is 0. The monoisotopic (exact) mass is 2160 g/mol. The van der Waals surface area contributed by atoms with E-state index in [0.29, 0.717) is 77.7 Å². The van der Waals surface area contributed by atoms with Gasteiger partial charge in [0.05, 0.1) is 72.9 Å². The van der Waals surface area contributed by atoms with E-state index in [2.05, 4.69) is 67.5 Å². The number of esters is 2. The molecule has 147 heavy (non-hydrogen) atoms. The van der Waals surface area contributed by atoms with E-state index >= 15 is 0 Å². The van der Waals surface area contributed by atoms with E-state index in [4.69, 9.17) is 59.4 Å². The van der Waals surface area contributed by atoms with Crippen molar-refractivity contribution in [3.05, 3.63) is 284 Å². The molecule has 0 aliphatic rings. The first kappa shape index (κ1) is 115. The predicted molar refractivity (Wildman–Crippen MR) is 521 cm³/mol. The van der Waals surface area contributed by atoms with Crippen molar-refractivity contribution < 1.29 is 138 Å². The summed E-state index contributed by atoms with van der Waals surface area (Å²) in [5.41, 5.74) is 11.4. The number of fused-ring (bicyclic) bond motifs is 3. The van der Waals surface area contributed by atoms with Crippen LogP contribution in [0.3, 0.4) is 0 Å². The van der Waals surface area contributed by atoms with E-state index < -0.39 is 140 Å². The lowest BCUT2D eigenvalue weighted by Crippen LogP contribution is -2.47. The van der Waals surface area contributed by atoms with Gasteiger partial charge in [0, 0.05) is 49.1 Å². The van der Waals surface area contributed by atoms with Gasteiger partial charge < -0.3 is 68.4 Å². The highest BCUT2D eigenvalue weighted by Gasteiger charge is 2.37. The molecule has 0 spiro atoms. The molecule has 54 heteroatoms. The molecule has 39 nitrogen and oxygen atoms in total. The van der Waals surface area contributed by atoms with E-state index in [0.717, 1.165) is 91.9 Å². The summed E-state index contributed by atoms with van der Waals surface area (Å²) in [5.74, 6) is -1.22. The zero-order chi connectivity index (χ0) is 105. The smallest absolute Gasteiger partial charge is 0.416 e. The van der Waals surface area contributed by atoms with Crippen molar-refractivity contribution in [1.82, 2.24) is 60.9 Å². The number of carbonyl (C=O) groups excluding carboxylic acids is 5. The van der Waals surface area contributed by atoms with Crippen molar-refractivity contribution in [2.24, 2.45) is 20.5 Å². The SMILES string of the molecule is C.C.C#CCOc1ccc2nc(S(N)(=O)=O)sc2c1.CCOC(=O)C(Cc1ccc(C(F)(F)F)cc1)NC(=O)C(Cc1ccc(O)cc1)n1cc(COc2ccc3sc(OS(N)=O)nc3c2)nn1.CCOC(=O)[C@H](Cc1ccc(C(F)(F)F)cc1)NC(=O)[C@H](Cc1ccc(O)cc1)N=[N+]=[N-].NS(=O)Oc1nc2cc(OCc3cn(C(Cc4ccc(O)cc4)C(=O)NC(Cc4ccc(C(F)(F)F)cc4)C(=O)O)nn3)ccc2s1. The number of hydrogen-bond donors (Lipinski definition) is 10. The number of aromatic nitrogens is 9. The summed E-state index contributed by atoms with van der Waals surface area (Å²) < 4.78 is 202. The topological polar surface area (TPSA) is 579 Å². The molecule has 3 amide bonds. The van der Waals surface area contributed by atoms with Crippen LogP contribution in [0.15, 0.2) is 222 Å². The number of aliphatic carboxylic acids is 1. The van der Waals surface area contributed by atoms with Crippen LogP contribution in [-0.2, 0) is 141 Å². The maximum Gasteiger partial charge on any atom is 0.416 e. The quantitative estimate of drug-likeness (QED) is 0.00427. The van der Waals surface area contributed by atoms with Crippen LogP contribution >= 0.6 is 34.0 Å². The van der Waals surface area contributed by atoms with Crippen molar-refractivity contribution in [3.8, 4) is 57.2 Å². The average molecular weight is 2160 g/mol. The zero-order valence-corrected chi connectivity index (χ0v) is 80.1. The third-order valence-electron chi connectivity index (χ3n) is 20.2. The number of halogens is 9. The molecule has 14 rings (SSSR count). The number of primary sulfonamides is 1. The second-order valence-electron chi connectivity index (χ2n) is 30.6. The summed E-state index contributed by atoms with van der Waals surface area (Å²) >= 11 is -0.727. The van der Waals surface area contributed by atoms with Gasteiger partial charge >= 0.3 is 36.4 Å². The highest BCUT2D eigenvalue weighted by molar-refractivity contribution is 7.91. The zero-order valence-electron chi connectivity index (χ0n) is 75.2. The molecule has 6 unspecified atom stereocenters. The molecule has 778 valence electrons. The molecule has 0 fully saturated rings. The Hall–Kier alpha value is -15.5. The van der Waals surface area contributed by atoms with Crippen LogP contribution in [0.1, 0.15) is 102 Å². The molecule has 0 aliphatic heterocycles. The molecule has 0 aliphatic carbocycles. The number of aromatic hydroxyl groups is 3. The largest absolute Gasteiger partial charge is 0.508 e. The summed E-state index contributed by atoms with van der Waals surface area (Å²) in [6.07, 6.45) is -5.96.